The SMILES string of the molecule is Cc1cc(C2CCCCN2)c(C)c(Cl)c1O. The molecule has 1 aliphatic rings. The highest BCUT2D eigenvalue weighted by Gasteiger charge is 2.20. The minimum Gasteiger partial charge on any atom is -0.506 e. The molecule has 0 radical (unpaired) electrons. The third kappa shape index (κ3) is 2.04. The zero-order chi connectivity index (χ0) is 11.7. The number of hydrogen-bond acceptors (Lipinski definition) is 2. The lowest BCUT2D eigenvalue weighted by atomic mass is 9.92. The van der Waals surface area contributed by atoms with E-state index >= 15 is 0 Å². The largest absolute Gasteiger partial charge is 0.506 e. The van der Waals surface area contributed by atoms with Gasteiger partial charge in [-0.15, -0.1) is 0 Å². The summed E-state index contributed by atoms with van der Waals surface area (Å²) in [5.74, 6) is 0.221. The summed E-state index contributed by atoms with van der Waals surface area (Å²) < 4.78 is 0. The lowest BCUT2D eigenvalue weighted by Gasteiger charge is -2.26. The normalized spacial score (nSPS) is 21.1. The molecule has 2 nitrogen and oxygen atoms in total. The monoisotopic (exact) mass is 239 g/mol. The molecule has 0 amide bonds. The van der Waals surface area contributed by atoms with Crippen LogP contribution >= 0.6 is 11.6 Å². The summed E-state index contributed by atoms with van der Waals surface area (Å²) in [6.45, 7) is 4.95. The van der Waals surface area contributed by atoms with Gasteiger partial charge in [0.2, 0.25) is 0 Å². The molecule has 1 heterocycles. The fourth-order valence-electron chi connectivity index (χ4n) is 2.37. The number of benzene rings is 1. The summed E-state index contributed by atoms with van der Waals surface area (Å²) >= 11 is 6.13. The topological polar surface area (TPSA) is 32.3 Å². The molecule has 1 saturated heterocycles. The molecular weight excluding hydrogens is 222 g/mol. The molecule has 1 fully saturated rings. The molecule has 0 aliphatic carbocycles. The van der Waals surface area contributed by atoms with E-state index < -0.39 is 0 Å². The number of rotatable bonds is 1. The first kappa shape index (κ1) is 11.7. The van der Waals surface area contributed by atoms with Crippen molar-refractivity contribution in [2.24, 2.45) is 0 Å². The average Bonchev–Trinajstić information content (AvgIpc) is 2.32. The van der Waals surface area contributed by atoms with Crippen molar-refractivity contribution in [1.82, 2.24) is 5.32 Å². The van der Waals surface area contributed by atoms with Crippen LogP contribution in [0.15, 0.2) is 6.07 Å². The van der Waals surface area contributed by atoms with Crippen molar-refractivity contribution in [2.75, 3.05) is 6.54 Å². The number of phenols is 1. The van der Waals surface area contributed by atoms with Crippen LogP contribution in [-0.4, -0.2) is 11.7 Å². The van der Waals surface area contributed by atoms with Crippen LogP contribution in [0.1, 0.15) is 42.0 Å². The Morgan fingerprint density at radius 2 is 2.12 bits per heavy atom. The molecule has 2 rings (SSSR count). The molecule has 1 aromatic carbocycles. The standard InChI is InChI=1S/C13H18ClNO/c1-8-7-10(9(2)12(14)13(8)16)11-5-3-4-6-15-11/h7,11,15-16H,3-6H2,1-2H3. The fourth-order valence-corrected chi connectivity index (χ4v) is 2.62. The van der Waals surface area contributed by atoms with Gasteiger partial charge < -0.3 is 10.4 Å². The van der Waals surface area contributed by atoms with Crippen molar-refractivity contribution >= 4 is 11.6 Å². The Hall–Kier alpha value is -0.730. The van der Waals surface area contributed by atoms with E-state index in [0.717, 1.165) is 24.1 Å². The Morgan fingerprint density at radius 3 is 2.75 bits per heavy atom. The van der Waals surface area contributed by atoms with Gasteiger partial charge in [0, 0.05) is 6.04 Å². The quantitative estimate of drug-likeness (QED) is 0.787. The third-order valence-corrected chi connectivity index (χ3v) is 3.86. The first-order valence-electron chi connectivity index (χ1n) is 5.83. The van der Waals surface area contributed by atoms with Crippen LogP contribution in [0.5, 0.6) is 5.75 Å². The van der Waals surface area contributed by atoms with E-state index in [1.54, 1.807) is 0 Å². The van der Waals surface area contributed by atoms with Gasteiger partial charge in [0.25, 0.3) is 0 Å². The second-order valence-corrected chi connectivity index (χ2v) is 4.95. The van der Waals surface area contributed by atoms with Crippen molar-refractivity contribution in [3.05, 3.63) is 27.8 Å². The molecule has 2 N–H and O–H groups in total. The Morgan fingerprint density at radius 1 is 1.38 bits per heavy atom. The molecule has 1 unspecified atom stereocenters. The Kier molecular flexibility index (Phi) is 3.41. The molecule has 0 spiro atoms. The van der Waals surface area contributed by atoms with Crippen LogP contribution in [0.4, 0.5) is 0 Å². The predicted octanol–water partition coefficient (Wildman–Crippen LogP) is 3.48. The number of aryl methyl sites for hydroxylation is 1. The van der Waals surface area contributed by atoms with Crippen molar-refractivity contribution < 1.29 is 5.11 Å². The third-order valence-electron chi connectivity index (χ3n) is 3.40. The fraction of sp³-hybridized carbons (Fsp3) is 0.538. The van der Waals surface area contributed by atoms with Gasteiger partial charge in [-0.25, -0.2) is 0 Å². The molecule has 0 aromatic heterocycles. The number of halogens is 1. The summed E-state index contributed by atoms with van der Waals surface area (Å²) in [5.41, 5.74) is 3.10. The van der Waals surface area contributed by atoms with E-state index in [1.807, 2.05) is 13.8 Å². The molecule has 0 saturated carbocycles. The van der Waals surface area contributed by atoms with E-state index in [2.05, 4.69) is 11.4 Å². The van der Waals surface area contributed by atoms with Gasteiger partial charge in [0.05, 0.1) is 5.02 Å². The zero-order valence-electron chi connectivity index (χ0n) is 9.81. The van der Waals surface area contributed by atoms with Gasteiger partial charge >= 0.3 is 0 Å². The van der Waals surface area contributed by atoms with E-state index in [0.29, 0.717) is 11.1 Å². The van der Waals surface area contributed by atoms with Crippen LogP contribution in [0.2, 0.25) is 5.02 Å². The Labute approximate surface area is 102 Å². The van der Waals surface area contributed by atoms with Crippen molar-refractivity contribution in [2.45, 2.75) is 39.2 Å². The first-order chi connectivity index (χ1) is 7.61. The van der Waals surface area contributed by atoms with Crippen LogP contribution < -0.4 is 5.32 Å². The smallest absolute Gasteiger partial charge is 0.137 e. The zero-order valence-corrected chi connectivity index (χ0v) is 10.6. The van der Waals surface area contributed by atoms with E-state index in [1.165, 1.54) is 18.4 Å². The maximum atomic E-state index is 9.76. The highest BCUT2D eigenvalue weighted by molar-refractivity contribution is 6.33. The van der Waals surface area contributed by atoms with Crippen LogP contribution in [0.3, 0.4) is 0 Å². The molecular formula is C13H18ClNO. The van der Waals surface area contributed by atoms with Crippen molar-refractivity contribution in [3.8, 4) is 5.75 Å². The van der Waals surface area contributed by atoms with Gasteiger partial charge in [-0.05, 0) is 49.9 Å². The molecule has 0 bridgehead atoms. The van der Waals surface area contributed by atoms with E-state index in [-0.39, 0.29) is 5.75 Å². The molecule has 1 aromatic rings. The summed E-state index contributed by atoms with van der Waals surface area (Å²) in [4.78, 5) is 0. The van der Waals surface area contributed by atoms with Crippen LogP contribution in [0, 0.1) is 13.8 Å². The minimum absolute atomic E-state index is 0.221. The van der Waals surface area contributed by atoms with Gasteiger partial charge in [0.15, 0.2) is 0 Å². The number of nitrogens with one attached hydrogen (secondary N) is 1. The maximum absolute atomic E-state index is 9.76. The number of piperidine rings is 1. The number of aromatic hydroxyl groups is 1. The van der Waals surface area contributed by atoms with Gasteiger partial charge in [-0.2, -0.15) is 0 Å². The lowest BCUT2D eigenvalue weighted by Crippen LogP contribution is -2.27. The van der Waals surface area contributed by atoms with Crippen molar-refractivity contribution in [3.63, 3.8) is 0 Å². The summed E-state index contributed by atoms with van der Waals surface area (Å²) in [7, 11) is 0. The highest BCUT2D eigenvalue weighted by atomic mass is 35.5. The summed E-state index contributed by atoms with van der Waals surface area (Å²) in [6, 6.07) is 2.45. The molecule has 1 atom stereocenters. The van der Waals surface area contributed by atoms with Gasteiger partial charge in [0.1, 0.15) is 5.75 Å². The van der Waals surface area contributed by atoms with Crippen LogP contribution in [0.25, 0.3) is 0 Å². The molecule has 88 valence electrons. The second-order valence-electron chi connectivity index (χ2n) is 4.57. The number of hydrogen-bond donors (Lipinski definition) is 2. The predicted molar refractivity (Wildman–Crippen MR) is 67.2 cm³/mol. The lowest BCUT2D eigenvalue weighted by molar-refractivity contribution is 0.409. The maximum Gasteiger partial charge on any atom is 0.137 e. The first-order valence-corrected chi connectivity index (χ1v) is 6.21. The van der Waals surface area contributed by atoms with E-state index in [4.69, 9.17) is 11.6 Å². The average molecular weight is 240 g/mol. The molecule has 16 heavy (non-hydrogen) atoms. The summed E-state index contributed by atoms with van der Waals surface area (Å²) in [6.07, 6.45) is 3.66. The number of phenolic OH excluding ortho intramolecular Hbond substituents is 1. The van der Waals surface area contributed by atoms with Gasteiger partial charge in [-0.1, -0.05) is 24.1 Å². The molecule has 1 aliphatic heterocycles. The molecule has 3 heteroatoms. The summed E-state index contributed by atoms with van der Waals surface area (Å²) in [5, 5.41) is 13.8. The van der Waals surface area contributed by atoms with Crippen molar-refractivity contribution in [1.29, 1.82) is 0 Å². The van der Waals surface area contributed by atoms with Gasteiger partial charge in [-0.3, -0.25) is 0 Å². The Bertz CT molecular complexity index is 397. The highest BCUT2D eigenvalue weighted by Crippen LogP contribution is 2.36. The Balaban J connectivity index is 2.40. The minimum atomic E-state index is 0.221. The van der Waals surface area contributed by atoms with E-state index in [9.17, 15) is 5.11 Å². The second kappa shape index (κ2) is 4.64. The van der Waals surface area contributed by atoms with Crippen LogP contribution in [-0.2, 0) is 0 Å².